The highest BCUT2D eigenvalue weighted by Crippen LogP contribution is 2.49. The minimum Gasteiger partial charge on any atom is -0.488 e. The Morgan fingerprint density at radius 1 is 1.15 bits per heavy atom. The molecule has 4 heteroatoms. The third kappa shape index (κ3) is 4.00. The second-order valence-electron chi connectivity index (χ2n) is 8.01. The van der Waals surface area contributed by atoms with Gasteiger partial charge in [-0.15, -0.1) is 0 Å². The second-order valence-corrected chi connectivity index (χ2v) is 8.01. The van der Waals surface area contributed by atoms with Crippen LogP contribution in [-0.4, -0.2) is 11.9 Å². The Bertz CT molecular complexity index is 804. The Morgan fingerprint density at radius 3 is 2.63 bits per heavy atom. The molecule has 2 fully saturated rings. The van der Waals surface area contributed by atoms with Gasteiger partial charge < -0.3 is 10.1 Å². The van der Waals surface area contributed by atoms with Gasteiger partial charge in [0.15, 0.2) is 0 Å². The molecule has 0 radical (unpaired) electrons. The number of nitrogens with one attached hydrogen (secondary N) is 1. The maximum atomic E-state index is 13.0. The number of para-hydroxylation sites is 1. The van der Waals surface area contributed by atoms with E-state index in [9.17, 15) is 9.18 Å². The van der Waals surface area contributed by atoms with Gasteiger partial charge in [-0.05, 0) is 73.8 Å². The summed E-state index contributed by atoms with van der Waals surface area (Å²) in [5.74, 6) is 2.44. The predicted octanol–water partition coefficient (Wildman–Crippen LogP) is 4.96. The van der Waals surface area contributed by atoms with Gasteiger partial charge in [0.2, 0.25) is 0 Å². The zero-order valence-corrected chi connectivity index (χ0v) is 15.7. The summed E-state index contributed by atoms with van der Waals surface area (Å²) in [7, 11) is 0. The van der Waals surface area contributed by atoms with Crippen LogP contribution >= 0.6 is 0 Å². The monoisotopic (exact) mass is 367 g/mol. The van der Waals surface area contributed by atoms with Gasteiger partial charge in [-0.2, -0.15) is 0 Å². The first-order valence-electron chi connectivity index (χ1n) is 9.87. The molecule has 2 aromatic carbocycles. The molecule has 2 saturated carbocycles. The number of hydrogen-bond donors (Lipinski definition) is 1. The molecule has 0 unspecified atom stereocenters. The zero-order valence-electron chi connectivity index (χ0n) is 15.7. The summed E-state index contributed by atoms with van der Waals surface area (Å²) in [5, 5.41) is 3.20. The van der Waals surface area contributed by atoms with Gasteiger partial charge in [0.05, 0.1) is 5.56 Å². The number of fused-ring (bicyclic) bond motifs is 2. The lowest BCUT2D eigenvalue weighted by Gasteiger charge is -2.28. The molecule has 0 heterocycles. The number of halogens is 1. The maximum Gasteiger partial charge on any atom is 0.255 e. The van der Waals surface area contributed by atoms with Gasteiger partial charge in [0.1, 0.15) is 18.2 Å². The number of benzene rings is 2. The van der Waals surface area contributed by atoms with Crippen LogP contribution in [0.4, 0.5) is 4.39 Å². The van der Waals surface area contributed by atoms with E-state index in [1.807, 2.05) is 12.1 Å². The number of rotatable bonds is 6. The van der Waals surface area contributed by atoms with Crippen molar-refractivity contribution in [3.63, 3.8) is 0 Å². The van der Waals surface area contributed by atoms with Crippen molar-refractivity contribution in [3.05, 3.63) is 65.5 Å². The van der Waals surface area contributed by atoms with Crippen LogP contribution in [0.1, 0.15) is 48.5 Å². The van der Waals surface area contributed by atoms with Crippen molar-refractivity contribution in [1.82, 2.24) is 5.32 Å². The quantitative estimate of drug-likeness (QED) is 0.784. The minimum absolute atomic E-state index is 0.0834. The van der Waals surface area contributed by atoms with Gasteiger partial charge in [0.25, 0.3) is 5.91 Å². The van der Waals surface area contributed by atoms with E-state index in [-0.39, 0.29) is 17.8 Å². The van der Waals surface area contributed by atoms with Crippen molar-refractivity contribution >= 4 is 5.91 Å². The van der Waals surface area contributed by atoms with Crippen LogP contribution in [0, 0.1) is 23.6 Å². The molecule has 142 valence electrons. The lowest BCUT2D eigenvalue weighted by atomic mass is 9.84. The van der Waals surface area contributed by atoms with Crippen molar-refractivity contribution in [3.8, 4) is 5.75 Å². The molecule has 0 saturated heterocycles. The second kappa shape index (κ2) is 7.71. The molecule has 2 aliphatic rings. The third-order valence-corrected chi connectivity index (χ3v) is 6.23. The predicted molar refractivity (Wildman–Crippen MR) is 103 cm³/mol. The van der Waals surface area contributed by atoms with Gasteiger partial charge in [-0.3, -0.25) is 4.79 Å². The van der Waals surface area contributed by atoms with Crippen molar-refractivity contribution in [2.75, 3.05) is 0 Å². The first-order valence-corrected chi connectivity index (χ1v) is 9.87. The molecule has 1 amide bonds. The standard InChI is InChI=1S/C23H26FNO2/c1-15(21-13-17-6-9-18(21)12-17)25-23(26)20-4-2-3-5-22(20)27-14-16-7-10-19(24)11-8-16/h2-5,7-8,10-11,15,17-18,21H,6,9,12-14H2,1H3,(H,25,26)/t15-,17+,18+,21-/m0/s1. The summed E-state index contributed by atoms with van der Waals surface area (Å²) in [4.78, 5) is 12.9. The van der Waals surface area contributed by atoms with Gasteiger partial charge in [-0.1, -0.05) is 30.7 Å². The molecular weight excluding hydrogens is 341 g/mol. The van der Waals surface area contributed by atoms with E-state index < -0.39 is 0 Å². The first kappa shape index (κ1) is 18.0. The lowest BCUT2D eigenvalue weighted by molar-refractivity contribution is 0.0910. The molecule has 0 spiro atoms. The number of carbonyl (C=O) groups excluding carboxylic acids is 1. The summed E-state index contributed by atoms with van der Waals surface area (Å²) in [6.07, 6.45) is 5.26. The van der Waals surface area contributed by atoms with E-state index in [0.29, 0.717) is 23.8 Å². The van der Waals surface area contributed by atoms with Crippen LogP contribution in [0.5, 0.6) is 5.75 Å². The van der Waals surface area contributed by atoms with Crippen LogP contribution in [0.25, 0.3) is 0 Å². The molecule has 2 bridgehead atoms. The Morgan fingerprint density at radius 2 is 1.93 bits per heavy atom. The van der Waals surface area contributed by atoms with Crippen molar-refractivity contribution < 1.29 is 13.9 Å². The Hall–Kier alpha value is -2.36. The molecule has 4 atom stereocenters. The van der Waals surface area contributed by atoms with Crippen LogP contribution in [0.15, 0.2) is 48.5 Å². The molecule has 3 nitrogen and oxygen atoms in total. The fourth-order valence-corrected chi connectivity index (χ4v) is 4.82. The fraction of sp³-hybridized carbons (Fsp3) is 0.435. The highest BCUT2D eigenvalue weighted by Gasteiger charge is 2.42. The minimum atomic E-state index is -0.270. The Balaban J connectivity index is 1.40. The van der Waals surface area contributed by atoms with Crippen LogP contribution < -0.4 is 10.1 Å². The molecule has 27 heavy (non-hydrogen) atoms. The van der Waals surface area contributed by atoms with Crippen molar-refractivity contribution in [1.29, 1.82) is 0 Å². The summed E-state index contributed by atoms with van der Waals surface area (Å²) in [6, 6.07) is 13.7. The van der Waals surface area contributed by atoms with Gasteiger partial charge >= 0.3 is 0 Å². The summed E-state index contributed by atoms with van der Waals surface area (Å²) >= 11 is 0. The molecule has 2 aromatic rings. The average Bonchev–Trinajstić information content (AvgIpc) is 3.31. The molecule has 4 rings (SSSR count). The average molecular weight is 367 g/mol. The summed E-state index contributed by atoms with van der Waals surface area (Å²) < 4.78 is 18.9. The first-order chi connectivity index (χ1) is 13.1. The van der Waals surface area contributed by atoms with E-state index >= 15 is 0 Å². The zero-order chi connectivity index (χ0) is 18.8. The van der Waals surface area contributed by atoms with Gasteiger partial charge in [0, 0.05) is 6.04 Å². The van der Waals surface area contributed by atoms with E-state index in [2.05, 4.69) is 12.2 Å². The number of carbonyl (C=O) groups is 1. The van der Waals surface area contributed by atoms with E-state index in [0.717, 1.165) is 17.4 Å². The normalized spacial score (nSPS) is 24.6. The SMILES string of the molecule is C[C@H](NC(=O)c1ccccc1OCc1ccc(F)cc1)[C@@H]1C[C@@H]2CC[C@@H]1C2. The number of ether oxygens (including phenoxy) is 1. The molecule has 2 aliphatic carbocycles. The molecule has 1 N–H and O–H groups in total. The van der Waals surface area contributed by atoms with Crippen molar-refractivity contribution in [2.45, 2.75) is 45.3 Å². The van der Waals surface area contributed by atoms with Crippen LogP contribution in [0.2, 0.25) is 0 Å². The highest BCUT2D eigenvalue weighted by molar-refractivity contribution is 5.97. The fourth-order valence-electron chi connectivity index (χ4n) is 4.82. The van der Waals surface area contributed by atoms with Crippen LogP contribution in [0.3, 0.4) is 0 Å². The summed E-state index contributed by atoms with van der Waals surface area (Å²) in [6.45, 7) is 2.43. The third-order valence-electron chi connectivity index (χ3n) is 6.23. The highest BCUT2D eigenvalue weighted by atomic mass is 19.1. The van der Waals surface area contributed by atoms with E-state index in [1.54, 1.807) is 24.3 Å². The Kier molecular flexibility index (Phi) is 5.15. The van der Waals surface area contributed by atoms with Gasteiger partial charge in [-0.25, -0.2) is 4.39 Å². The van der Waals surface area contributed by atoms with E-state index in [1.165, 1.54) is 37.8 Å². The van der Waals surface area contributed by atoms with E-state index in [4.69, 9.17) is 4.74 Å². The number of hydrogen-bond acceptors (Lipinski definition) is 2. The molecule has 0 aliphatic heterocycles. The molecule has 0 aromatic heterocycles. The maximum absolute atomic E-state index is 13.0. The summed E-state index contributed by atoms with van der Waals surface area (Å²) in [5.41, 5.74) is 1.41. The topological polar surface area (TPSA) is 38.3 Å². The smallest absolute Gasteiger partial charge is 0.255 e. The molecular formula is C23H26FNO2. The Labute approximate surface area is 159 Å². The van der Waals surface area contributed by atoms with Crippen LogP contribution in [-0.2, 0) is 6.61 Å². The lowest BCUT2D eigenvalue weighted by Crippen LogP contribution is -2.40. The largest absolute Gasteiger partial charge is 0.488 e. The number of amides is 1. The van der Waals surface area contributed by atoms with Crippen molar-refractivity contribution in [2.24, 2.45) is 17.8 Å².